The normalized spacial score (nSPS) is 14.2. The second-order valence-electron chi connectivity index (χ2n) is 7.12. The lowest BCUT2D eigenvalue weighted by molar-refractivity contribution is -0.0528. The van der Waals surface area contributed by atoms with E-state index in [4.69, 9.17) is 0 Å². The van der Waals surface area contributed by atoms with Gasteiger partial charge in [0.05, 0.1) is 11.6 Å². The highest BCUT2D eigenvalue weighted by Crippen LogP contribution is 2.25. The lowest BCUT2D eigenvalue weighted by Crippen LogP contribution is -2.59. The molecule has 0 bridgehead atoms. The molecule has 1 aromatic carbocycles. The number of hydrogen-bond donors (Lipinski definition) is 1. The number of nitrogens with one attached hydrogen (secondary N) is 1. The standard InChI is InChI=1S/C21H20F2N4O2/c1-12-7-13(2)25-18-4-3-14(8-17(12)18)20(28)26-15-10-27(11-15)16-5-6-24-19(9-16)29-21(22)23/h3-9,15,21H,10-11H2,1-2H3,(H,26,28). The van der Waals surface area contributed by atoms with Crippen LogP contribution in [0.25, 0.3) is 10.9 Å². The summed E-state index contributed by atoms with van der Waals surface area (Å²) in [5.74, 6) is -0.270. The van der Waals surface area contributed by atoms with Crippen LogP contribution in [-0.4, -0.2) is 41.6 Å². The molecule has 1 fully saturated rings. The summed E-state index contributed by atoms with van der Waals surface area (Å²) in [6, 6.07) is 10.6. The van der Waals surface area contributed by atoms with Crippen LogP contribution in [0.2, 0.25) is 0 Å². The molecular weight excluding hydrogens is 378 g/mol. The molecule has 1 saturated heterocycles. The number of halogens is 2. The van der Waals surface area contributed by atoms with Gasteiger partial charge in [-0.1, -0.05) is 0 Å². The van der Waals surface area contributed by atoms with E-state index in [9.17, 15) is 13.6 Å². The molecule has 0 saturated carbocycles. The minimum Gasteiger partial charge on any atom is -0.417 e. The van der Waals surface area contributed by atoms with E-state index < -0.39 is 6.61 Å². The second-order valence-corrected chi connectivity index (χ2v) is 7.12. The molecule has 150 valence electrons. The van der Waals surface area contributed by atoms with Crippen molar-refractivity contribution in [2.75, 3.05) is 18.0 Å². The Labute approximate surface area is 166 Å². The van der Waals surface area contributed by atoms with Crippen molar-refractivity contribution >= 4 is 22.5 Å². The van der Waals surface area contributed by atoms with Crippen molar-refractivity contribution in [3.8, 4) is 5.88 Å². The zero-order chi connectivity index (χ0) is 20.5. The fraction of sp³-hybridized carbons (Fsp3) is 0.286. The van der Waals surface area contributed by atoms with Crippen molar-refractivity contribution in [1.82, 2.24) is 15.3 Å². The van der Waals surface area contributed by atoms with E-state index in [0.717, 1.165) is 27.8 Å². The maximum Gasteiger partial charge on any atom is 0.388 e. The third kappa shape index (κ3) is 4.11. The number of aryl methyl sites for hydroxylation is 2. The Morgan fingerprint density at radius 3 is 2.76 bits per heavy atom. The number of hydrogen-bond acceptors (Lipinski definition) is 5. The summed E-state index contributed by atoms with van der Waals surface area (Å²) < 4.78 is 29.0. The minimum atomic E-state index is -2.91. The van der Waals surface area contributed by atoms with Gasteiger partial charge in [-0.25, -0.2) is 4.98 Å². The average Bonchev–Trinajstić information content (AvgIpc) is 2.63. The summed E-state index contributed by atoms with van der Waals surface area (Å²) in [6.45, 7) is 2.20. The molecule has 1 N–H and O–H groups in total. The van der Waals surface area contributed by atoms with Crippen molar-refractivity contribution in [3.05, 3.63) is 59.4 Å². The van der Waals surface area contributed by atoms with Gasteiger partial charge in [0.1, 0.15) is 0 Å². The zero-order valence-electron chi connectivity index (χ0n) is 16.0. The molecule has 0 unspecified atom stereocenters. The van der Waals surface area contributed by atoms with Crippen molar-refractivity contribution in [2.45, 2.75) is 26.5 Å². The van der Waals surface area contributed by atoms with Crippen molar-refractivity contribution in [3.63, 3.8) is 0 Å². The van der Waals surface area contributed by atoms with Gasteiger partial charge in [0.25, 0.3) is 5.91 Å². The summed E-state index contributed by atoms with van der Waals surface area (Å²) in [5, 5.41) is 3.97. The largest absolute Gasteiger partial charge is 0.417 e. The quantitative estimate of drug-likeness (QED) is 0.713. The number of pyridine rings is 2. The van der Waals surface area contributed by atoms with E-state index in [1.165, 1.54) is 12.3 Å². The first-order valence-corrected chi connectivity index (χ1v) is 9.24. The number of anilines is 1. The number of alkyl halides is 2. The Bertz CT molecular complexity index is 1070. The topological polar surface area (TPSA) is 67.4 Å². The lowest BCUT2D eigenvalue weighted by atomic mass is 10.0. The number of amides is 1. The number of nitrogens with zero attached hydrogens (tertiary/aromatic N) is 3. The van der Waals surface area contributed by atoms with Crippen molar-refractivity contribution < 1.29 is 18.3 Å². The van der Waals surface area contributed by atoms with Crippen molar-refractivity contribution in [2.24, 2.45) is 0 Å². The van der Waals surface area contributed by atoms with Crippen LogP contribution in [-0.2, 0) is 0 Å². The number of rotatable bonds is 5. The van der Waals surface area contributed by atoms with E-state index in [2.05, 4.69) is 20.0 Å². The van der Waals surface area contributed by atoms with E-state index in [1.54, 1.807) is 12.1 Å². The highest BCUT2D eigenvalue weighted by molar-refractivity contribution is 5.98. The molecule has 6 nitrogen and oxygen atoms in total. The van der Waals surface area contributed by atoms with Crippen LogP contribution in [0.5, 0.6) is 5.88 Å². The van der Waals surface area contributed by atoms with Gasteiger partial charge in [-0.15, -0.1) is 0 Å². The lowest BCUT2D eigenvalue weighted by Gasteiger charge is -2.41. The molecule has 0 spiro atoms. The molecule has 1 amide bonds. The highest BCUT2D eigenvalue weighted by atomic mass is 19.3. The summed E-state index contributed by atoms with van der Waals surface area (Å²) >= 11 is 0. The number of carbonyl (C=O) groups excluding carboxylic acids is 1. The molecule has 8 heteroatoms. The monoisotopic (exact) mass is 398 g/mol. The van der Waals surface area contributed by atoms with Gasteiger partial charge >= 0.3 is 6.61 Å². The molecule has 0 radical (unpaired) electrons. The van der Waals surface area contributed by atoms with Gasteiger partial charge in [-0.2, -0.15) is 8.78 Å². The Hall–Kier alpha value is -3.29. The maximum atomic E-state index is 12.6. The predicted molar refractivity (Wildman–Crippen MR) is 106 cm³/mol. The van der Waals surface area contributed by atoms with Crippen LogP contribution in [0.4, 0.5) is 14.5 Å². The predicted octanol–water partition coefficient (Wildman–Crippen LogP) is 3.47. The number of ether oxygens (including phenoxy) is 1. The van der Waals surface area contributed by atoms with Crippen LogP contribution in [0.3, 0.4) is 0 Å². The van der Waals surface area contributed by atoms with Crippen LogP contribution in [0.1, 0.15) is 21.6 Å². The summed E-state index contributed by atoms with van der Waals surface area (Å²) in [6.07, 6.45) is 1.42. The number of benzene rings is 1. The molecule has 4 rings (SSSR count). The molecular formula is C21H20F2N4O2. The molecule has 3 heterocycles. The van der Waals surface area contributed by atoms with E-state index in [-0.39, 0.29) is 17.8 Å². The average molecular weight is 398 g/mol. The first-order valence-electron chi connectivity index (χ1n) is 9.24. The molecule has 3 aromatic rings. The Balaban J connectivity index is 1.39. The first kappa shape index (κ1) is 19.0. The van der Waals surface area contributed by atoms with E-state index in [1.807, 2.05) is 36.9 Å². The Morgan fingerprint density at radius 1 is 1.21 bits per heavy atom. The van der Waals surface area contributed by atoms with Gasteiger partial charge in [0.2, 0.25) is 5.88 Å². The SMILES string of the molecule is Cc1cc(C)c2cc(C(=O)NC3CN(c4ccnc(OC(F)F)c4)C3)ccc2n1. The minimum absolute atomic E-state index is 0.0249. The molecule has 0 aliphatic carbocycles. The molecule has 0 atom stereocenters. The van der Waals surface area contributed by atoms with Crippen LogP contribution in [0, 0.1) is 13.8 Å². The summed E-state index contributed by atoms with van der Waals surface area (Å²) in [7, 11) is 0. The van der Waals surface area contributed by atoms with Gasteiger partial charge in [0, 0.05) is 47.7 Å². The molecule has 1 aliphatic rings. The molecule has 1 aliphatic heterocycles. The van der Waals surface area contributed by atoms with Crippen molar-refractivity contribution in [1.29, 1.82) is 0 Å². The second kappa shape index (κ2) is 7.62. The van der Waals surface area contributed by atoms with Gasteiger partial charge < -0.3 is 15.0 Å². The fourth-order valence-corrected chi connectivity index (χ4v) is 3.50. The van der Waals surface area contributed by atoms with E-state index in [0.29, 0.717) is 18.7 Å². The Kier molecular flexibility index (Phi) is 5.00. The number of aromatic nitrogens is 2. The van der Waals surface area contributed by atoms with Crippen LogP contribution < -0.4 is 15.0 Å². The number of carbonyl (C=O) groups is 1. The first-order chi connectivity index (χ1) is 13.9. The van der Waals surface area contributed by atoms with E-state index >= 15 is 0 Å². The van der Waals surface area contributed by atoms with Gasteiger partial charge in [0.15, 0.2) is 0 Å². The third-order valence-electron chi connectivity index (χ3n) is 4.92. The zero-order valence-corrected chi connectivity index (χ0v) is 16.0. The molecule has 29 heavy (non-hydrogen) atoms. The maximum absolute atomic E-state index is 12.6. The van der Waals surface area contributed by atoms with Crippen LogP contribution in [0.15, 0.2) is 42.6 Å². The Morgan fingerprint density at radius 2 is 2.00 bits per heavy atom. The smallest absolute Gasteiger partial charge is 0.388 e. The van der Waals surface area contributed by atoms with Gasteiger partial charge in [-0.3, -0.25) is 9.78 Å². The third-order valence-corrected chi connectivity index (χ3v) is 4.92. The van der Waals surface area contributed by atoms with Crippen LogP contribution >= 0.6 is 0 Å². The fourth-order valence-electron chi connectivity index (χ4n) is 3.50. The highest BCUT2D eigenvalue weighted by Gasteiger charge is 2.29. The summed E-state index contributed by atoms with van der Waals surface area (Å²) in [5.41, 5.74) is 4.20. The summed E-state index contributed by atoms with van der Waals surface area (Å²) in [4.78, 5) is 22.8. The number of fused-ring (bicyclic) bond motifs is 1. The van der Waals surface area contributed by atoms with Gasteiger partial charge in [-0.05, 0) is 49.7 Å². The molecule has 2 aromatic heterocycles.